The number of carbonyl (C=O) groups is 1. The molecule has 29 heavy (non-hydrogen) atoms. The monoisotopic (exact) mass is 425 g/mol. The fourth-order valence-electron chi connectivity index (χ4n) is 2.54. The predicted molar refractivity (Wildman–Crippen MR) is 99.4 cm³/mol. The van der Waals surface area contributed by atoms with E-state index < -0.39 is 29.0 Å². The number of halogens is 5. The molecule has 0 aliphatic heterocycles. The van der Waals surface area contributed by atoms with Crippen molar-refractivity contribution in [1.29, 1.82) is 0 Å². The van der Waals surface area contributed by atoms with E-state index in [1.807, 2.05) is 0 Å². The standard InChI is InChI=1S/C19H12ClF4N3O2/c20-17-10(11(21)1-2-12(17)22)7-26-19-15(25)3-4-16(27-19)9-5-13(23)18(29-8-28)14(24)6-9/h1-6,8H,7,25H2,(H,26,27). The normalized spacial score (nSPS) is 10.7. The highest BCUT2D eigenvalue weighted by Crippen LogP contribution is 2.30. The van der Waals surface area contributed by atoms with Crippen LogP contribution in [-0.2, 0) is 11.3 Å². The van der Waals surface area contributed by atoms with Gasteiger partial charge in [-0.3, -0.25) is 4.79 Å². The first kappa shape index (κ1) is 20.4. The largest absolute Gasteiger partial charge is 0.422 e. The first-order chi connectivity index (χ1) is 13.8. The van der Waals surface area contributed by atoms with Gasteiger partial charge in [-0.15, -0.1) is 0 Å². The summed E-state index contributed by atoms with van der Waals surface area (Å²) in [7, 11) is 0. The van der Waals surface area contributed by atoms with Gasteiger partial charge >= 0.3 is 0 Å². The summed E-state index contributed by atoms with van der Waals surface area (Å²) in [5.41, 5.74) is 6.02. The molecule has 0 bridgehead atoms. The van der Waals surface area contributed by atoms with Crippen LogP contribution in [0.5, 0.6) is 5.75 Å². The van der Waals surface area contributed by atoms with Gasteiger partial charge < -0.3 is 15.8 Å². The molecule has 0 fully saturated rings. The molecule has 0 atom stereocenters. The zero-order chi connectivity index (χ0) is 21.1. The SMILES string of the molecule is Nc1ccc(-c2cc(F)c(OC=O)c(F)c2)nc1NCc1c(F)ccc(F)c1Cl. The number of carbonyl (C=O) groups excluding carboxylic acids is 1. The predicted octanol–water partition coefficient (Wildman–Crippen LogP) is 4.69. The highest BCUT2D eigenvalue weighted by molar-refractivity contribution is 6.31. The maximum absolute atomic E-state index is 14.0. The molecule has 0 radical (unpaired) electrons. The van der Waals surface area contributed by atoms with E-state index in [0.29, 0.717) is 0 Å². The Labute approximate surface area is 167 Å². The van der Waals surface area contributed by atoms with Gasteiger partial charge in [-0.1, -0.05) is 11.6 Å². The van der Waals surface area contributed by atoms with Gasteiger partial charge in [0.05, 0.1) is 16.4 Å². The van der Waals surface area contributed by atoms with Crippen LogP contribution in [0.4, 0.5) is 29.1 Å². The molecule has 0 saturated heterocycles. The minimum absolute atomic E-state index is 0.0382. The number of hydrogen-bond acceptors (Lipinski definition) is 5. The fraction of sp³-hybridized carbons (Fsp3) is 0.0526. The number of anilines is 2. The van der Waals surface area contributed by atoms with Crippen LogP contribution in [0.25, 0.3) is 11.3 Å². The molecule has 0 aliphatic carbocycles. The fourth-order valence-corrected chi connectivity index (χ4v) is 2.76. The second kappa shape index (κ2) is 8.36. The summed E-state index contributed by atoms with van der Waals surface area (Å²) in [4.78, 5) is 14.5. The Hall–Kier alpha value is -3.33. The third-order valence-electron chi connectivity index (χ3n) is 3.96. The van der Waals surface area contributed by atoms with E-state index in [0.717, 1.165) is 24.3 Å². The van der Waals surface area contributed by atoms with E-state index in [9.17, 15) is 22.4 Å². The lowest BCUT2D eigenvalue weighted by Crippen LogP contribution is -2.08. The van der Waals surface area contributed by atoms with E-state index in [1.165, 1.54) is 12.1 Å². The summed E-state index contributed by atoms with van der Waals surface area (Å²) in [5, 5.41) is 2.34. The van der Waals surface area contributed by atoms with Gasteiger partial charge in [-0.2, -0.15) is 0 Å². The van der Waals surface area contributed by atoms with Crippen molar-refractivity contribution in [3.8, 4) is 17.0 Å². The van der Waals surface area contributed by atoms with Crippen LogP contribution in [0.2, 0.25) is 5.02 Å². The third-order valence-corrected chi connectivity index (χ3v) is 4.37. The summed E-state index contributed by atoms with van der Waals surface area (Å²) < 4.78 is 59.7. The van der Waals surface area contributed by atoms with Crippen LogP contribution >= 0.6 is 11.6 Å². The number of aromatic nitrogens is 1. The van der Waals surface area contributed by atoms with Crippen molar-refractivity contribution in [3.63, 3.8) is 0 Å². The van der Waals surface area contributed by atoms with Gasteiger partial charge in [0.2, 0.25) is 5.75 Å². The number of nitrogen functional groups attached to an aromatic ring is 1. The lowest BCUT2D eigenvalue weighted by atomic mass is 10.1. The molecule has 10 heteroatoms. The summed E-state index contributed by atoms with van der Waals surface area (Å²) in [6.07, 6.45) is 0. The zero-order valence-corrected chi connectivity index (χ0v) is 15.2. The Bertz CT molecular complexity index is 1070. The average molecular weight is 426 g/mol. The molecule has 0 aliphatic rings. The highest BCUT2D eigenvalue weighted by Gasteiger charge is 2.16. The number of ether oxygens (including phenoxy) is 1. The van der Waals surface area contributed by atoms with Gasteiger partial charge in [0.1, 0.15) is 17.5 Å². The number of rotatable bonds is 6. The molecule has 3 rings (SSSR count). The molecule has 3 N–H and O–H groups in total. The van der Waals surface area contributed by atoms with Crippen LogP contribution in [0.15, 0.2) is 36.4 Å². The van der Waals surface area contributed by atoms with Crippen LogP contribution in [0.3, 0.4) is 0 Å². The molecule has 0 amide bonds. The first-order valence-corrected chi connectivity index (χ1v) is 8.42. The summed E-state index contributed by atoms with van der Waals surface area (Å²) >= 11 is 5.78. The van der Waals surface area contributed by atoms with Gasteiger partial charge in [0, 0.05) is 17.7 Å². The molecule has 150 valence electrons. The maximum Gasteiger partial charge on any atom is 0.298 e. The van der Waals surface area contributed by atoms with Crippen molar-refractivity contribution < 1.29 is 27.1 Å². The average Bonchev–Trinajstić information content (AvgIpc) is 2.68. The minimum Gasteiger partial charge on any atom is -0.422 e. The van der Waals surface area contributed by atoms with Crippen molar-refractivity contribution >= 4 is 29.6 Å². The molecule has 0 saturated carbocycles. The molecule has 2 aromatic carbocycles. The molecule has 3 aromatic rings. The number of benzene rings is 2. The van der Waals surface area contributed by atoms with Crippen molar-refractivity contribution in [1.82, 2.24) is 4.98 Å². The number of nitrogens with two attached hydrogens (primary N) is 1. The van der Waals surface area contributed by atoms with Crippen LogP contribution in [0.1, 0.15) is 5.56 Å². The van der Waals surface area contributed by atoms with Gasteiger partial charge in [-0.05, 0) is 36.4 Å². The lowest BCUT2D eigenvalue weighted by Gasteiger charge is -2.13. The van der Waals surface area contributed by atoms with Crippen LogP contribution in [-0.4, -0.2) is 11.5 Å². The van der Waals surface area contributed by atoms with Gasteiger partial charge in [0.15, 0.2) is 11.6 Å². The highest BCUT2D eigenvalue weighted by atomic mass is 35.5. The Kier molecular flexibility index (Phi) is 5.88. The minimum atomic E-state index is -1.10. The van der Waals surface area contributed by atoms with Gasteiger partial charge in [0.25, 0.3) is 6.47 Å². The molecular formula is C19H12ClF4N3O2. The second-order valence-corrected chi connectivity index (χ2v) is 6.17. The van der Waals surface area contributed by atoms with Gasteiger partial charge in [-0.25, -0.2) is 22.5 Å². The molecular weight excluding hydrogens is 414 g/mol. The van der Waals surface area contributed by atoms with Crippen molar-refractivity contribution in [3.05, 3.63) is 70.3 Å². The second-order valence-electron chi connectivity index (χ2n) is 5.79. The van der Waals surface area contributed by atoms with E-state index in [2.05, 4.69) is 15.0 Å². The summed E-state index contributed by atoms with van der Waals surface area (Å²) in [6.45, 7) is -0.334. The van der Waals surface area contributed by atoms with Crippen LogP contribution in [0, 0.1) is 23.3 Å². The first-order valence-electron chi connectivity index (χ1n) is 8.04. The summed E-state index contributed by atoms with van der Waals surface area (Å²) in [5.74, 6) is -4.50. The lowest BCUT2D eigenvalue weighted by molar-refractivity contribution is -0.121. The number of nitrogens with zero attached hydrogens (tertiary/aromatic N) is 1. The van der Waals surface area contributed by atoms with Crippen molar-refractivity contribution in [2.75, 3.05) is 11.1 Å². The summed E-state index contributed by atoms with van der Waals surface area (Å²) in [6, 6.07) is 6.50. The van der Waals surface area contributed by atoms with E-state index >= 15 is 0 Å². The quantitative estimate of drug-likeness (QED) is 0.340. The molecule has 1 aromatic heterocycles. The Morgan fingerprint density at radius 3 is 2.34 bits per heavy atom. The molecule has 0 spiro atoms. The molecule has 1 heterocycles. The number of hydrogen-bond donors (Lipinski definition) is 2. The van der Waals surface area contributed by atoms with Crippen molar-refractivity contribution in [2.24, 2.45) is 0 Å². The molecule has 0 unspecified atom stereocenters. The molecule has 5 nitrogen and oxygen atoms in total. The Balaban J connectivity index is 1.92. The van der Waals surface area contributed by atoms with E-state index in [4.69, 9.17) is 17.3 Å². The third kappa shape index (κ3) is 4.24. The Morgan fingerprint density at radius 2 is 1.69 bits per heavy atom. The van der Waals surface area contributed by atoms with E-state index in [1.54, 1.807) is 0 Å². The Morgan fingerprint density at radius 1 is 1.03 bits per heavy atom. The maximum atomic E-state index is 14.0. The van der Waals surface area contributed by atoms with E-state index in [-0.39, 0.29) is 46.4 Å². The zero-order valence-electron chi connectivity index (χ0n) is 14.5. The van der Waals surface area contributed by atoms with Crippen LogP contribution < -0.4 is 15.8 Å². The number of pyridine rings is 1. The van der Waals surface area contributed by atoms with Crippen molar-refractivity contribution in [2.45, 2.75) is 6.54 Å². The topological polar surface area (TPSA) is 77.2 Å². The number of nitrogens with one attached hydrogen (secondary N) is 1. The smallest absolute Gasteiger partial charge is 0.298 e.